The Bertz CT molecular complexity index is 877. The number of thioether (sulfide) groups is 1. The maximum Gasteiger partial charge on any atom is 0.352 e. The minimum Gasteiger partial charge on any atom is -0.477 e. The van der Waals surface area contributed by atoms with Crippen LogP contribution in [-0.4, -0.2) is 57.5 Å². The Hall–Kier alpha value is -2.33. The van der Waals surface area contributed by atoms with Crippen molar-refractivity contribution in [1.82, 2.24) is 10.2 Å². The number of thiophene rings is 1. The average molecular weight is 437 g/mol. The molecule has 29 heavy (non-hydrogen) atoms. The van der Waals surface area contributed by atoms with Gasteiger partial charge in [-0.15, -0.1) is 23.1 Å². The fourth-order valence-corrected chi connectivity index (χ4v) is 5.54. The van der Waals surface area contributed by atoms with Crippen molar-refractivity contribution >= 4 is 46.9 Å². The van der Waals surface area contributed by atoms with Crippen molar-refractivity contribution in [2.45, 2.75) is 37.1 Å². The van der Waals surface area contributed by atoms with Crippen molar-refractivity contribution in [2.24, 2.45) is 5.92 Å². The third-order valence-electron chi connectivity index (χ3n) is 5.31. The Balaban J connectivity index is 1.40. The van der Waals surface area contributed by atoms with Gasteiger partial charge in [0.25, 0.3) is 5.91 Å². The Kier molecular flexibility index (Phi) is 5.64. The van der Waals surface area contributed by atoms with Gasteiger partial charge >= 0.3 is 11.9 Å². The summed E-state index contributed by atoms with van der Waals surface area (Å²) in [7, 11) is 0. The SMILES string of the molecule is O=C(Cc1cccs1)NC1C(=O)N2C(C(=O)O)=C(COC(=O)C3CCC3)CS[C@@H]12. The summed E-state index contributed by atoms with van der Waals surface area (Å²) < 4.78 is 5.28. The molecule has 4 rings (SSSR count). The molecule has 1 saturated carbocycles. The van der Waals surface area contributed by atoms with E-state index in [0.717, 1.165) is 24.1 Å². The summed E-state index contributed by atoms with van der Waals surface area (Å²) in [5.41, 5.74) is 0.270. The number of carboxylic acid groups (broad SMARTS) is 1. The maximum atomic E-state index is 12.6. The van der Waals surface area contributed by atoms with E-state index in [9.17, 15) is 24.3 Å². The van der Waals surface area contributed by atoms with Gasteiger partial charge in [-0.25, -0.2) is 4.79 Å². The van der Waals surface area contributed by atoms with Crippen LogP contribution in [0.4, 0.5) is 0 Å². The van der Waals surface area contributed by atoms with Gasteiger partial charge in [-0.3, -0.25) is 19.3 Å². The number of amides is 2. The van der Waals surface area contributed by atoms with E-state index in [1.165, 1.54) is 28.0 Å². The van der Waals surface area contributed by atoms with E-state index in [4.69, 9.17) is 4.74 Å². The smallest absolute Gasteiger partial charge is 0.352 e. The Morgan fingerprint density at radius 2 is 2.10 bits per heavy atom. The number of nitrogens with one attached hydrogen (secondary N) is 1. The van der Waals surface area contributed by atoms with Crippen LogP contribution >= 0.6 is 23.1 Å². The first-order valence-corrected chi connectivity index (χ1v) is 11.3. The van der Waals surface area contributed by atoms with Crippen molar-refractivity contribution in [2.75, 3.05) is 12.4 Å². The molecule has 1 unspecified atom stereocenters. The number of ether oxygens (including phenoxy) is 1. The fraction of sp³-hybridized carbons (Fsp3) is 0.474. The molecule has 2 fully saturated rings. The highest BCUT2D eigenvalue weighted by Gasteiger charge is 2.54. The number of nitrogens with zero attached hydrogens (tertiary/aromatic N) is 1. The standard InChI is InChI=1S/C19H20N2O6S2/c22-13(7-12-5-2-6-28-12)20-14-16(23)21-15(18(24)25)11(9-29-17(14)21)8-27-19(26)10-3-1-4-10/h2,5-6,10,14,17H,1,3-4,7-9H2,(H,20,22)(H,24,25)/t14?,17-/m0/s1. The van der Waals surface area contributed by atoms with Crippen molar-refractivity contribution < 1.29 is 29.0 Å². The van der Waals surface area contributed by atoms with Crippen LogP contribution in [0.2, 0.25) is 0 Å². The van der Waals surface area contributed by atoms with Gasteiger partial charge < -0.3 is 15.2 Å². The predicted molar refractivity (Wildman–Crippen MR) is 106 cm³/mol. The van der Waals surface area contributed by atoms with Gasteiger partial charge in [0.2, 0.25) is 5.91 Å². The molecule has 3 heterocycles. The van der Waals surface area contributed by atoms with Crippen LogP contribution in [0.25, 0.3) is 0 Å². The van der Waals surface area contributed by atoms with Gasteiger partial charge in [0.15, 0.2) is 0 Å². The molecular weight excluding hydrogens is 416 g/mol. The summed E-state index contributed by atoms with van der Waals surface area (Å²) in [6.07, 6.45) is 2.79. The number of carbonyl (C=O) groups excluding carboxylic acids is 3. The lowest BCUT2D eigenvalue weighted by atomic mass is 9.86. The van der Waals surface area contributed by atoms with E-state index in [-0.39, 0.29) is 36.5 Å². The molecule has 1 saturated heterocycles. The van der Waals surface area contributed by atoms with E-state index < -0.39 is 23.3 Å². The van der Waals surface area contributed by atoms with E-state index in [2.05, 4.69) is 5.32 Å². The zero-order chi connectivity index (χ0) is 20.5. The number of esters is 1. The summed E-state index contributed by atoms with van der Waals surface area (Å²) in [4.78, 5) is 50.6. The van der Waals surface area contributed by atoms with Crippen LogP contribution < -0.4 is 5.32 Å². The molecule has 1 aliphatic carbocycles. The minimum absolute atomic E-state index is 0.0959. The first kappa shape index (κ1) is 20.0. The van der Waals surface area contributed by atoms with Crippen molar-refractivity contribution in [1.29, 1.82) is 0 Å². The minimum atomic E-state index is -1.23. The number of rotatable bonds is 7. The van der Waals surface area contributed by atoms with Gasteiger partial charge in [0.05, 0.1) is 12.3 Å². The number of hydrogen-bond donors (Lipinski definition) is 2. The number of β-lactam (4-membered cyclic amide) rings is 1. The van der Waals surface area contributed by atoms with E-state index in [0.29, 0.717) is 11.3 Å². The topological polar surface area (TPSA) is 113 Å². The summed E-state index contributed by atoms with van der Waals surface area (Å²) >= 11 is 2.82. The molecule has 0 bridgehead atoms. The molecule has 1 aromatic rings. The Morgan fingerprint density at radius 1 is 1.31 bits per heavy atom. The van der Waals surface area contributed by atoms with Crippen LogP contribution in [0.15, 0.2) is 28.8 Å². The van der Waals surface area contributed by atoms with Crippen LogP contribution in [-0.2, 0) is 30.3 Å². The molecule has 2 amide bonds. The lowest BCUT2D eigenvalue weighted by Crippen LogP contribution is -2.70. The van der Waals surface area contributed by atoms with E-state index in [1.54, 1.807) is 0 Å². The Labute approximate surface area is 175 Å². The lowest BCUT2D eigenvalue weighted by molar-refractivity contribution is -0.152. The normalized spacial score (nSPS) is 23.7. The predicted octanol–water partition coefficient (Wildman–Crippen LogP) is 1.37. The highest BCUT2D eigenvalue weighted by Crippen LogP contribution is 2.40. The molecule has 3 aliphatic rings. The molecule has 0 aromatic carbocycles. The third-order valence-corrected chi connectivity index (χ3v) is 7.52. The molecule has 154 valence electrons. The number of carboxylic acids is 1. The molecule has 8 nitrogen and oxygen atoms in total. The number of fused-ring (bicyclic) bond motifs is 1. The third kappa shape index (κ3) is 3.91. The maximum absolute atomic E-state index is 12.6. The van der Waals surface area contributed by atoms with Gasteiger partial charge in [-0.05, 0) is 24.3 Å². The molecule has 2 atom stereocenters. The number of carbonyl (C=O) groups is 4. The molecule has 0 spiro atoms. The van der Waals surface area contributed by atoms with E-state index in [1.807, 2.05) is 17.5 Å². The first-order chi connectivity index (χ1) is 14.0. The van der Waals surface area contributed by atoms with Gasteiger partial charge in [0.1, 0.15) is 23.7 Å². The second-order valence-corrected chi connectivity index (χ2v) is 9.34. The van der Waals surface area contributed by atoms with Crippen LogP contribution in [0, 0.1) is 5.92 Å². The zero-order valence-electron chi connectivity index (χ0n) is 15.5. The molecular formula is C19H20N2O6S2. The molecule has 10 heteroatoms. The summed E-state index contributed by atoms with van der Waals surface area (Å²) in [5.74, 6) is -2.04. The lowest BCUT2D eigenvalue weighted by Gasteiger charge is -2.49. The van der Waals surface area contributed by atoms with Crippen molar-refractivity contribution in [3.05, 3.63) is 33.7 Å². The van der Waals surface area contributed by atoms with Crippen molar-refractivity contribution in [3.63, 3.8) is 0 Å². The van der Waals surface area contributed by atoms with Gasteiger partial charge in [-0.2, -0.15) is 0 Å². The summed E-state index contributed by atoms with van der Waals surface area (Å²) in [5, 5.41) is 13.8. The Morgan fingerprint density at radius 3 is 2.72 bits per heavy atom. The molecule has 2 aliphatic heterocycles. The quantitative estimate of drug-likeness (QED) is 0.490. The molecule has 0 radical (unpaired) electrons. The summed E-state index contributed by atoms with van der Waals surface area (Å²) in [6, 6.07) is 2.95. The second-order valence-electron chi connectivity index (χ2n) is 7.20. The van der Waals surface area contributed by atoms with Gasteiger partial charge in [0, 0.05) is 16.2 Å². The molecule has 1 aromatic heterocycles. The van der Waals surface area contributed by atoms with Crippen LogP contribution in [0.5, 0.6) is 0 Å². The van der Waals surface area contributed by atoms with Gasteiger partial charge in [-0.1, -0.05) is 12.5 Å². The van der Waals surface area contributed by atoms with E-state index >= 15 is 0 Å². The van der Waals surface area contributed by atoms with Crippen LogP contribution in [0.1, 0.15) is 24.1 Å². The monoisotopic (exact) mass is 436 g/mol. The highest BCUT2D eigenvalue weighted by atomic mass is 32.2. The second kappa shape index (κ2) is 8.19. The number of hydrogen-bond acceptors (Lipinski definition) is 7. The fourth-order valence-electron chi connectivity index (χ4n) is 3.51. The van der Waals surface area contributed by atoms with Crippen LogP contribution in [0.3, 0.4) is 0 Å². The highest BCUT2D eigenvalue weighted by molar-refractivity contribution is 8.00. The number of aliphatic carboxylic acids is 1. The van der Waals surface area contributed by atoms with Crippen molar-refractivity contribution in [3.8, 4) is 0 Å². The molecule has 2 N–H and O–H groups in total. The average Bonchev–Trinajstić information content (AvgIpc) is 3.14. The first-order valence-electron chi connectivity index (χ1n) is 9.34. The zero-order valence-corrected chi connectivity index (χ0v) is 17.1. The summed E-state index contributed by atoms with van der Waals surface area (Å²) in [6.45, 7) is -0.129. The largest absolute Gasteiger partial charge is 0.477 e.